The summed E-state index contributed by atoms with van der Waals surface area (Å²) in [5.74, 6) is -0.826. The monoisotopic (exact) mass is 378 g/mol. The second kappa shape index (κ2) is 10.2. The van der Waals surface area contributed by atoms with E-state index < -0.39 is 11.9 Å². The molecule has 0 aliphatic heterocycles. The minimum absolute atomic E-state index is 0.321. The zero-order valence-corrected chi connectivity index (χ0v) is 16.0. The minimum atomic E-state index is -0.426. The number of aromatic nitrogens is 2. The minimum Gasteiger partial charge on any atom is -0.461 e. The summed E-state index contributed by atoms with van der Waals surface area (Å²) in [7, 11) is 0. The largest absolute Gasteiger partial charge is 0.461 e. The number of nitrogens with one attached hydrogen (secondary N) is 2. The van der Waals surface area contributed by atoms with Crippen LogP contribution in [0.3, 0.4) is 0 Å². The van der Waals surface area contributed by atoms with Crippen molar-refractivity contribution in [2.45, 2.75) is 27.7 Å². The fourth-order valence-electron chi connectivity index (χ4n) is 2.05. The molecule has 0 unspecified atom stereocenters. The van der Waals surface area contributed by atoms with Crippen molar-refractivity contribution >= 4 is 40.7 Å². The number of nitrogens with zero attached hydrogens (tertiary/aromatic N) is 1. The Bertz CT molecular complexity index is 819. The molecule has 4 N–H and O–H groups in total. The van der Waals surface area contributed by atoms with E-state index in [9.17, 15) is 9.59 Å². The van der Waals surface area contributed by atoms with Gasteiger partial charge >= 0.3 is 11.9 Å². The highest BCUT2D eigenvalue weighted by Gasteiger charge is 2.14. The predicted octanol–water partition coefficient (Wildman–Crippen LogP) is 3.32. The van der Waals surface area contributed by atoms with Crippen molar-refractivity contribution in [2.24, 2.45) is 4.99 Å². The van der Waals surface area contributed by atoms with Gasteiger partial charge in [0.1, 0.15) is 11.4 Å². The number of carbonyl (C=O) groups excluding carboxylic acids is 2. The molecule has 0 radical (unpaired) electrons. The second-order valence-corrected chi connectivity index (χ2v) is 5.32. The molecule has 8 nitrogen and oxygen atoms in total. The molecule has 0 spiro atoms. The number of rotatable bonds is 5. The highest BCUT2D eigenvalue weighted by Crippen LogP contribution is 2.20. The van der Waals surface area contributed by atoms with Crippen LogP contribution in [0.2, 0.25) is 0 Å². The Kier molecular flexibility index (Phi) is 8.27. The van der Waals surface area contributed by atoms with Crippen LogP contribution < -0.4 is 5.73 Å². The first-order chi connectivity index (χ1) is 12.3. The summed E-state index contributed by atoms with van der Waals surface area (Å²) in [6.07, 6.45) is 0. The van der Waals surface area contributed by atoms with Crippen LogP contribution in [-0.4, -0.2) is 40.3 Å². The molecule has 0 amide bonds. The third-order valence-corrected chi connectivity index (χ3v) is 3.13. The van der Waals surface area contributed by atoms with Crippen molar-refractivity contribution in [3.05, 3.63) is 34.9 Å². The van der Waals surface area contributed by atoms with Crippen LogP contribution in [0.15, 0.2) is 17.1 Å². The van der Waals surface area contributed by atoms with Gasteiger partial charge in [0, 0.05) is 11.4 Å². The van der Waals surface area contributed by atoms with Gasteiger partial charge in [-0.05, 0) is 52.0 Å². The van der Waals surface area contributed by atoms with Gasteiger partial charge in [0.25, 0.3) is 0 Å². The first kappa shape index (κ1) is 21.1. The Morgan fingerprint density at radius 2 is 1.58 bits per heavy atom. The molecule has 0 atom stereocenters. The van der Waals surface area contributed by atoms with E-state index in [-0.39, 0.29) is 0 Å². The molecule has 0 saturated carbocycles. The Morgan fingerprint density at radius 3 is 2.04 bits per heavy atom. The fourth-order valence-corrected chi connectivity index (χ4v) is 2.15. The third-order valence-electron chi connectivity index (χ3n) is 3.04. The van der Waals surface area contributed by atoms with Gasteiger partial charge in [-0.2, -0.15) is 4.99 Å². The number of ether oxygens (including phenoxy) is 2. The van der Waals surface area contributed by atoms with Gasteiger partial charge in [0.15, 0.2) is 5.69 Å². The molecule has 0 fully saturated rings. The first-order valence-electron chi connectivity index (χ1n) is 7.90. The number of aryl methyl sites for hydroxylation is 2. The zero-order chi connectivity index (χ0) is 19.7. The van der Waals surface area contributed by atoms with Crippen molar-refractivity contribution in [3.8, 4) is 0 Å². The van der Waals surface area contributed by atoms with Crippen molar-refractivity contribution < 1.29 is 19.1 Å². The summed E-state index contributed by atoms with van der Waals surface area (Å²) < 4.78 is 9.61. The predicted molar refractivity (Wildman–Crippen MR) is 102 cm³/mol. The quantitative estimate of drug-likeness (QED) is 0.417. The van der Waals surface area contributed by atoms with E-state index in [4.69, 9.17) is 15.2 Å². The van der Waals surface area contributed by atoms with Crippen LogP contribution in [0.4, 0.5) is 11.4 Å². The van der Waals surface area contributed by atoms with Gasteiger partial charge in [-0.3, -0.25) is 0 Å². The summed E-state index contributed by atoms with van der Waals surface area (Å²) in [6.45, 7) is 7.85. The lowest BCUT2D eigenvalue weighted by atomic mass is 10.3. The number of anilines is 1. The summed E-state index contributed by atoms with van der Waals surface area (Å²) in [4.78, 5) is 32.0. The average Bonchev–Trinajstić information content (AvgIpc) is 3.11. The number of isothiocyanates is 1. The van der Waals surface area contributed by atoms with E-state index >= 15 is 0 Å². The van der Waals surface area contributed by atoms with Crippen LogP contribution in [-0.2, 0) is 9.47 Å². The Labute approximate surface area is 156 Å². The molecule has 9 heteroatoms. The van der Waals surface area contributed by atoms with Crippen LogP contribution in [0.5, 0.6) is 0 Å². The first-order valence-corrected chi connectivity index (χ1v) is 8.31. The maximum atomic E-state index is 11.4. The smallest absolute Gasteiger partial charge is 0.357 e. The van der Waals surface area contributed by atoms with Crippen LogP contribution in [0, 0.1) is 13.8 Å². The van der Waals surface area contributed by atoms with Gasteiger partial charge in [-0.25, -0.2) is 9.59 Å². The lowest BCUT2D eigenvalue weighted by Crippen LogP contribution is -2.07. The zero-order valence-electron chi connectivity index (χ0n) is 15.1. The Hall–Kier alpha value is -2.90. The SMILES string of the molecule is CCOC(=O)c1[nH]c(C)cc1N.CCOC(=O)c1[nH]c(C)cc1N=C=S. The molecular weight excluding hydrogens is 356 g/mol. The number of H-pyrrole nitrogens is 2. The molecule has 2 aromatic heterocycles. The number of aromatic amines is 2. The molecule has 2 heterocycles. The van der Waals surface area contributed by atoms with Gasteiger partial charge in [0.05, 0.1) is 24.1 Å². The number of carbonyl (C=O) groups is 2. The number of aliphatic imine (C=N–C) groups is 1. The Morgan fingerprint density at radius 1 is 1.08 bits per heavy atom. The molecule has 0 aromatic carbocycles. The number of esters is 2. The highest BCUT2D eigenvalue weighted by atomic mass is 32.1. The Balaban J connectivity index is 0.000000263. The normalized spacial score (nSPS) is 9.54. The topological polar surface area (TPSA) is 123 Å². The highest BCUT2D eigenvalue weighted by molar-refractivity contribution is 7.78. The summed E-state index contributed by atoms with van der Waals surface area (Å²) in [5.41, 5.74) is 8.80. The van der Waals surface area contributed by atoms with E-state index in [1.54, 1.807) is 26.0 Å². The lowest BCUT2D eigenvalue weighted by Gasteiger charge is -1.99. The summed E-state index contributed by atoms with van der Waals surface area (Å²) in [6, 6.07) is 3.41. The number of hydrogen-bond acceptors (Lipinski definition) is 7. The van der Waals surface area contributed by atoms with E-state index in [1.165, 1.54) is 0 Å². The van der Waals surface area contributed by atoms with Gasteiger partial charge in [0.2, 0.25) is 0 Å². The summed E-state index contributed by atoms with van der Waals surface area (Å²) in [5, 5.41) is 2.22. The molecule has 0 saturated heterocycles. The van der Waals surface area contributed by atoms with Gasteiger partial charge in [-0.15, -0.1) is 0 Å². The molecule has 140 valence electrons. The number of thiocarbonyl (C=S) groups is 1. The molecular formula is C17H22N4O4S. The van der Waals surface area contributed by atoms with Crippen LogP contribution >= 0.6 is 12.2 Å². The van der Waals surface area contributed by atoms with Gasteiger partial charge < -0.3 is 25.2 Å². The van der Waals surface area contributed by atoms with Crippen molar-refractivity contribution in [1.82, 2.24) is 9.97 Å². The van der Waals surface area contributed by atoms with E-state index in [2.05, 4.69) is 32.3 Å². The van der Waals surface area contributed by atoms with Crippen LogP contribution in [0.1, 0.15) is 46.2 Å². The van der Waals surface area contributed by atoms with E-state index in [0.717, 1.165) is 11.4 Å². The van der Waals surface area contributed by atoms with Crippen molar-refractivity contribution in [3.63, 3.8) is 0 Å². The van der Waals surface area contributed by atoms with E-state index in [0.29, 0.717) is 36.0 Å². The average molecular weight is 378 g/mol. The molecule has 0 aliphatic carbocycles. The van der Waals surface area contributed by atoms with E-state index in [1.807, 2.05) is 13.8 Å². The molecule has 26 heavy (non-hydrogen) atoms. The molecule has 2 rings (SSSR count). The summed E-state index contributed by atoms with van der Waals surface area (Å²) >= 11 is 4.47. The number of hydrogen-bond donors (Lipinski definition) is 3. The fraction of sp³-hybridized carbons (Fsp3) is 0.353. The maximum Gasteiger partial charge on any atom is 0.357 e. The van der Waals surface area contributed by atoms with Crippen LogP contribution in [0.25, 0.3) is 0 Å². The molecule has 0 aliphatic rings. The number of nitrogens with two attached hydrogens (primary N) is 1. The lowest BCUT2D eigenvalue weighted by molar-refractivity contribution is 0.0511. The van der Waals surface area contributed by atoms with Crippen molar-refractivity contribution in [1.29, 1.82) is 0 Å². The standard InChI is InChI=1S/C9H10N2O2S.C8H12N2O2/c1-3-13-9(12)8-7(10-5-14)4-6(2)11-8;1-3-12-8(11)7-6(9)4-5(2)10-7/h4,11H,3H2,1-2H3;4,10H,3,9H2,1-2H3. The molecule has 0 bridgehead atoms. The molecule has 2 aromatic rings. The second-order valence-electron chi connectivity index (χ2n) is 5.14. The van der Waals surface area contributed by atoms with Gasteiger partial charge in [-0.1, -0.05) is 0 Å². The van der Waals surface area contributed by atoms with Crippen molar-refractivity contribution in [2.75, 3.05) is 18.9 Å². The maximum absolute atomic E-state index is 11.4. The third kappa shape index (κ3) is 5.87. The number of nitrogen functional groups attached to an aromatic ring is 1.